The summed E-state index contributed by atoms with van der Waals surface area (Å²) in [6.07, 6.45) is -3.68. The maximum atomic E-state index is 11.0. The minimum absolute atomic E-state index is 0.571. The third kappa shape index (κ3) is 2.96. The van der Waals surface area contributed by atoms with Crippen molar-refractivity contribution in [1.29, 1.82) is 0 Å². The molecule has 0 aliphatic carbocycles. The van der Waals surface area contributed by atoms with Gasteiger partial charge in [-0.25, -0.2) is 0 Å². The number of hydrogen-bond acceptors (Lipinski definition) is 8. The first-order chi connectivity index (χ1) is 8.34. The topological polar surface area (TPSA) is 123 Å². The largest absolute Gasteiger partial charge is 0.455 e. The lowest BCUT2D eigenvalue weighted by Crippen LogP contribution is -2.49. The number of rotatable bonds is 4. The van der Waals surface area contributed by atoms with Gasteiger partial charge in [0.2, 0.25) is 5.79 Å². The Morgan fingerprint density at radius 3 is 2.17 bits per heavy atom. The summed E-state index contributed by atoms with van der Waals surface area (Å²) in [5.74, 6) is -3.65. The van der Waals surface area contributed by atoms with Crippen LogP contribution >= 0.6 is 0 Å². The van der Waals surface area contributed by atoms with Crippen molar-refractivity contribution in [3.8, 4) is 0 Å². The first-order valence-corrected chi connectivity index (χ1v) is 5.30. The van der Waals surface area contributed by atoms with E-state index in [9.17, 15) is 14.7 Å². The van der Waals surface area contributed by atoms with Gasteiger partial charge in [-0.2, -0.15) is 0 Å². The number of hydrogen-bond donors (Lipinski definition) is 3. The fourth-order valence-corrected chi connectivity index (χ4v) is 1.78. The van der Waals surface area contributed by atoms with Gasteiger partial charge in [-0.05, 0) is 0 Å². The summed E-state index contributed by atoms with van der Waals surface area (Å²) in [5.41, 5.74) is 0. The van der Waals surface area contributed by atoms with Crippen LogP contribution in [0.4, 0.5) is 0 Å². The highest BCUT2D eigenvalue weighted by Gasteiger charge is 2.58. The zero-order valence-electron chi connectivity index (χ0n) is 10.0. The van der Waals surface area contributed by atoms with Gasteiger partial charge in [-0.15, -0.1) is 0 Å². The number of aliphatic hydroxyl groups excluding tert-OH is 2. The molecule has 0 unspecified atom stereocenters. The summed E-state index contributed by atoms with van der Waals surface area (Å²) in [6, 6.07) is 0. The maximum absolute atomic E-state index is 11.0. The summed E-state index contributed by atoms with van der Waals surface area (Å²) in [5, 5.41) is 28.1. The normalized spacial score (nSPS) is 35.3. The minimum atomic E-state index is -2.21. The Morgan fingerprint density at radius 2 is 1.78 bits per heavy atom. The number of ether oxygens (including phenoxy) is 3. The smallest absolute Gasteiger partial charge is 0.303 e. The van der Waals surface area contributed by atoms with E-state index < -0.39 is 49.3 Å². The summed E-state index contributed by atoms with van der Waals surface area (Å²) < 4.78 is 14.6. The first-order valence-electron chi connectivity index (χ1n) is 5.30. The van der Waals surface area contributed by atoms with Crippen LogP contribution in [0.5, 0.6) is 0 Å². The van der Waals surface area contributed by atoms with E-state index in [-0.39, 0.29) is 0 Å². The van der Waals surface area contributed by atoms with Crippen molar-refractivity contribution in [3.63, 3.8) is 0 Å². The van der Waals surface area contributed by atoms with Gasteiger partial charge in [-0.3, -0.25) is 9.59 Å². The van der Waals surface area contributed by atoms with Crippen LogP contribution in [-0.4, -0.2) is 64.6 Å². The van der Waals surface area contributed by atoms with E-state index in [2.05, 4.69) is 0 Å². The molecule has 0 aromatic rings. The second-order valence-corrected chi connectivity index (χ2v) is 3.95. The molecule has 8 nitrogen and oxygen atoms in total. The summed E-state index contributed by atoms with van der Waals surface area (Å²) in [6.45, 7) is 0.766. The molecular weight excluding hydrogens is 248 g/mol. The quantitative estimate of drug-likeness (QED) is 0.494. The molecule has 0 bridgehead atoms. The predicted octanol–water partition coefficient (Wildman–Crippen LogP) is -2.08. The number of carbonyl (C=O) groups excluding carboxylic acids is 2. The van der Waals surface area contributed by atoms with Gasteiger partial charge in [-0.1, -0.05) is 0 Å². The lowest BCUT2D eigenvalue weighted by molar-refractivity contribution is -0.253. The third-order valence-electron chi connectivity index (χ3n) is 2.47. The molecule has 0 aromatic heterocycles. The van der Waals surface area contributed by atoms with E-state index in [0.717, 1.165) is 13.8 Å². The van der Waals surface area contributed by atoms with Gasteiger partial charge in [0.1, 0.15) is 12.7 Å². The average Bonchev–Trinajstić information content (AvgIpc) is 2.53. The molecule has 1 fully saturated rings. The molecule has 1 heterocycles. The first kappa shape index (κ1) is 14.8. The Labute approximate surface area is 103 Å². The molecule has 0 radical (unpaired) electrons. The summed E-state index contributed by atoms with van der Waals surface area (Å²) in [4.78, 5) is 21.9. The van der Waals surface area contributed by atoms with Crippen LogP contribution < -0.4 is 0 Å². The highest BCUT2D eigenvalue weighted by atomic mass is 16.7. The zero-order chi connectivity index (χ0) is 13.9. The van der Waals surface area contributed by atoms with Crippen LogP contribution in [-0.2, 0) is 23.8 Å². The van der Waals surface area contributed by atoms with Crippen LogP contribution in [0.25, 0.3) is 0 Å². The zero-order valence-corrected chi connectivity index (χ0v) is 10.0. The predicted molar refractivity (Wildman–Crippen MR) is 55.1 cm³/mol. The second-order valence-electron chi connectivity index (χ2n) is 3.95. The molecule has 104 valence electrons. The van der Waals surface area contributed by atoms with E-state index in [1.807, 2.05) is 0 Å². The highest BCUT2D eigenvalue weighted by molar-refractivity contribution is 5.67. The lowest BCUT2D eigenvalue weighted by Gasteiger charge is -2.27. The van der Waals surface area contributed by atoms with Gasteiger partial charge in [0.25, 0.3) is 0 Å². The Hall–Kier alpha value is -1.22. The molecule has 4 atom stereocenters. The van der Waals surface area contributed by atoms with Crippen LogP contribution in [0, 0.1) is 0 Å². The molecule has 3 N–H and O–H groups in total. The van der Waals surface area contributed by atoms with Gasteiger partial charge in [0.15, 0.2) is 12.2 Å². The molecule has 1 rings (SSSR count). The standard InChI is InChI=1S/C10H16O8/c1-5(13)16-8-7(3-11)18-10(15,4-12)9(8)17-6(2)14/h7-9,11-12,15H,3-4H2,1-2H3/t7-,8-,9+,10-/m1/s1. The fourth-order valence-electron chi connectivity index (χ4n) is 1.78. The number of carbonyl (C=O) groups is 2. The molecule has 0 saturated carbocycles. The van der Waals surface area contributed by atoms with Crippen molar-refractivity contribution in [2.24, 2.45) is 0 Å². The van der Waals surface area contributed by atoms with Crippen molar-refractivity contribution in [2.75, 3.05) is 13.2 Å². The van der Waals surface area contributed by atoms with Crippen molar-refractivity contribution >= 4 is 11.9 Å². The molecule has 0 spiro atoms. The third-order valence-corrected chi connectivity index (χ3v) is 2.47. The minimum Gasteiger partial charge on any atom is -0.455 e. The van der Waals surface area contributed by atoms with Gasteiger partial charge in [0, 0.05) is 13.8 Å². The molecular formula is C10H16O8. The molecule has 0 amide bonds. The van der Waals surface area contributed by atoms with Crippen LogP contribution in [0.2, 0.25) is 0 Å². The SMILES string of the molecule is CC(=O)O[C@@H]1[C@@H](CO)O[C@](O)(CO)[C@H]1OC(C)=O. The van der Waals surface area contributed by atoms with Crippen molar-refractivity contribution in [1.82, 2.24) is 0 Å². The lowest BCUT2D eigenvalue weighted by atomic mass is 10.1. The summed E-state index contributed by atoms with van der Waals surface area (Å²) in [7, 11) is 0. The Kier molecular flexibility index (Phi) is 4.63. The maximum Gasteiger partial charge on any atom is 0.303 e. The second kappa shape index (κ2) is 5.61. The monoisotopic (exact) mass is 264 g/mol. The van der Waals surface area contributed by atoms with Crippen molar-refractivity contribution in [2.45, 2.75) is 37.9 Å². The molecule has 18 heavy (non-hydrogen) atoms. The Morgan fingerprint density at radius 1 is 1.22 bits per heavy atom. The fraction of sp³-hybridized carbons (Fsp3) is 0.800. The van der Waals surface area contributed by atoms with Gasteiger partial charge >= 0.3 is 11.9 Å². The van der Waals surface area contributed by atoms with E-state index in [1.54, 1.807) is 0 Å². The molecule has 0 aromatic carbocycles. The average molecular weight is 264 g/mol. The van der Waals surface area contributed by atoms with E-state index in [1.165, 1.54) is 0 Å². The van der Waals surface area contributed by atoms with Crippen molar-refractivity contribution < 1.29 is 39.1 Å². The number of esters is 2. The molecule has 1 saturated heterocycles. The summed E-state index contributed by atoms with van der Waals surface area (Å²) >= 11 is 0. The Balaban J connectivity index is 2.98. The molecule has 1 aliphatic heterocycles. The van der Waals surface area contributed by atoms with E-state index in [0.29, 0.717) is 0 Å². The molecule has 1 aliphatic rings. The Bertz CT molecular complexity index is 330. The van der Waals surface area contributed by atoms with E-state index in [4.69, 9.17) is 24.4 Å². The van der Waals surface area contributed by atoms with E-state index >= 15 is 0 Å². The van der Waals surface area contributed by atoms with Crippen LogP contribution in [0.3, 0.4) is 0 Å². The molecule has 8 heteroatoms. The van der Waals surface area contributed by atoms with Crippen molar-refractivity contribution in [3.05, 3.63) is 0 Å². The van der Waals surface area contributed by atoms with Crippen LogP contribution in [0.1, 0.15) is 13.8 Å². The van der Waals surface area contributed by atoms with Gasteiger partial charge in [0.05, 0.1) is 6.61 Å². The number of aliphatic hydroxyl groups is 3. The van der Waals surface area contributed by atoms with Gasteiger partial charge < -0.3 is 29.5 Å². The van der Waals surface area contributed by atoms with Crippen LogP contribution in [0.15, 0.2) is 0 Å². The highest BCUT2D eigenvalue weighted by Crippen LogP contribution is 2.33.